The molecule has 2 aromatic rings. The van der Waals surface area contributed by atoms with Gasteiger partial charge in [-0.3, -0.25) is 4.79 Å². The van der Waals surface area contributed by atoms with E-state index >= 15 is 0 Å². The zero-order chi connectivity index (χ0) is 19.4. The van der Waals surface area contributed by atoms with E-state index in [1.54, 1.807) is 24.3 Å². The van der Waals surface area contributed by atoms with Crippen LogP contribution in [-0.2, 0) is 9.53 Å². The monoisotopic (exact) mass is 367 g/mol. The lowest BCUT2D eigenvalue weighted by molar-refractivity contribution is -0.140. The van der Waals surface area contributed by atoms with E-state index in [1.165, 1.54) is 0 Å². The number of ether oxygens (including phenoxy) is 1. The lowest BCUT2D eigenvalue weighted by Gasteiger charge is -2.38. The highest BCUT2D eigenvalue weighted by atomic mass is 16.5. The highest BCUT2D eigenvalue weighted by Crippen LogP contribution is 2.24. The summed E-state index contributed by atoms with van der Waals surface area (Å²) in [7, 11) is 0. The molecule has 0 spiro atoms. The van der Waals surface area contributed by atoms with E-state index in [9.17, 15) is 14.7 Å². The third kappa shape index (κ3) is 4.48. The Balaban J connectivity index is 1.59. The van der Waals surface area contributed by atoms with Crippen molar-refractivity contribution in [1.82, 2.24) is 4.90 Å². The number of phenols is 1. The number of hydrogen-bond acceptors (Lipinski definition) is 4. The number of phenolic OH excluding ortho intramolecular Hbond substituents is 1. The molecule has 1 N–H and O–H groups in total. The normalized spacial score (nSPS) is 19.6. The van der Waals surface area contributed by atoms with Gasteiger partial charge >= 0.3 is 5.97 Å². The predicted molar refractivity (Wildman–Crippen MR) is 103 cm³/mol. The quantitative estimate of drug-likeness (QED) is 0.830. The smallest absolute Gasteiger partial charge is 0.338 e. The molecule has 2 atom stereocenters. The summed E-state index contributed by atoms with van der Waals surface area (Å²) in [6.07, 6.45) is 3.10. The number of benzene rings is 2. The summed E-state index contributed by atoms with van der Waals surface area (Å²) in [5.74, 6) is -0.428. The molecule has 1 aliphatic heterocycles. The molecule has 0 saturated carbocycles. The minimum Gasteiger partial charge on any atom is -0.508 e. The van der Waals surface area contributed by atoms with Crippen molar-refractivity contribution in [3.05, 3.63) is 54.1 Å². The summed E-state index contributed by atoms with van der Waals surface area (Å²) in [6.45, 7) is 3.85. The minimum absolute atomic E-state index is 0.135. The Kier molecular flexibility index (Phi) is 5.79. The number of piperidine rings is 1. The molecule has 0 aliphatic carbocycles. The Labute approximate surface area is 159 Å². The number of hydrogen-bond donors (Lipinski definition) is 1. The number of rotatable bonds is 4. The zero-order valence-electron chi connectivity index (χ0n) is 15.7. The molecule has 0 radical (unpaired) electrons. The topological polar surface area (TPSA) is 66.8 Å². The average Bonchev–Trinajstić information content (AvgIpc) is 2.67. The summed E-state index contributed by atoms with van der Waals surface area (Å²) in [6, 6.07) is 14.2. The van der Waals surface area contributed by atoms with Gasteiger partial charge in [-0.15, -0.1) is 0 Å². The van der Waals surface area contributed by atoms with Gasteiger partial charge in [0.1, 0.15) is 5.75 Å². The van der Waals surface area contributed by atoms with Crippen molar-refractivity contribution >= 4 is 11.9 Å². The van der Waals surface area contributed by atoms with Crippen LogP contribution in [0.2, 0.25) is 0 Å². The maximum atomic E-state index is 12.4. The largest absolute Gasteiger partial charge is 0.508 e. The van der Waals surface area contributed by atoms with E-state index in [4.69, 9.17) is 4.74 Å². The molecule has 0 bridgehead atoms. The summed E-state index contributed by atoms with van der Waals surface area (Å²) < 4.78 is 5.24. The van der Waals surface area contributed by atoms with Crippen LogP contribution in [-0.4, -0.2) is 40.6 Å². The van der Waals surface area contributed by atoms with Gasteiger partial charge in [-0.05, 0) is 68.5 Å². The molecule has 5 heteroatoms. The number of carbonyl (C=O) groups is 2. The number of aromatic hydroxyl groups is 1. The van der Waals surface area contributed by atoms with Crippen LogP contribution in [0.25, 0.3) is 11.1 Å². The Morgan fingerprint density at radius 1 is 0.963 bits per heavy atom. The number of carbonyl (C=O) groups excluding carboxylic acids is 2. The van der Waals surface area contributed by atoms with Crippen LogP contribution in [0.1, 0.15) is 43.5 Å². The molecular weight excluding hydrogens is 342 g/mol. The molecule has 1 saturated heterocycles. The molecule has 142 valence electrons. The van der Waals surface area contributed by atoms with Crippen molar-refractivity contribution < 1.29 is 19.4 Å². The van der Waals surface area contributed by atoms with Crippen molar-refractivity contribution in [3.63, 3.8) is 0 Å². The Morgan fingerprint density at radius 3 is 2.04 bits per heavy atom. The molecule has 3 rings (SSSR count). The first-order valence-corrected chi connectivity index (χ1v) is 9.33. The Bertz CT molecular complexity index is 788. The summed E-state index contributed by atoms with van der Waals surface area (Å²) >= 11 is 0. The fourth-order valence-corrected chi connectivity index (χ4v) is 3.65. The first-order chi connectivity index (χ1) is 13.0. The maximum Gasteiger partial charge on any atom is 0.338 e. The van der Waals surface area contributed by atoms with Gasteiger partial charge in [-0.25, -0.2) is 4.79 Å². The predicted octanol–water partition coefficient (Wildman–Crippen LogP) is 4.01. The van der Waals surface area contributed by atoms with Crippen molar-refractivity contribution in [1.29, 1.82) is 0 Å². The van der Waals surface area contributed by atoms with E-state index < -0.39 is 5.97 Å². The van der Waals surface area contributed by atoms with Gasteiger partial charge in [0.25, 0.3) is 5.91 Å². The molecule has 5 nitrogen and oxygen atoms in total. The molecule has 1 fully saturated rings. The van der Waals surface area contributed by atoms with Gasteiger partial charge in [0.2, 0.25) is 0 Å². The second kappa shape index (κ2) is 8.25. The van der Waals surface area contributed by atoms with Crippen LogP contribution >= 0.6 is 0 Å². The van der Waals surface area contributed by atoms with Crippen LogP contribution in [0.5, 0.6) is 5.75 Å². The Hall–Kier alpha value is -2.82. The molecule has 0 aromatic heterocycles. The molecule has 1 amide bonds. The van der Waals surface area contributed by atoms with E-state index in [1.807, 2.05) is 43.0 Å². The molecule has 27 heavy (non-hydrogen) atoms. The second-order valence-corrected chi connectivity index (χ2v) is 7.13. The van der Waals surface area contributed by atoms with Gasteiger partial charge < -0.3 is 14.7 Å². The number of amides is 1. The highest BCUT2D eigenvalue weighted by Gasteiger charge is 2.29. The summed E-state index contributed by atoms with van der Waals surface area (Å²) in [4.78, 5) is 26.5. The van der Waals surface area contributed by atoms with Crippen molar-refractivity contribution in [3.8, 4) is 16.9 Å². The van der Waals surface area contributed by atoms with E-state index in [2.05, 4.69) is 0 Å². The van der Waals surface area contributed by atoms with Crippen LogP contribution in [0.15, 0.2) is 48.5 Å². The van der Waals surface area contributed by atoms with Crippen LogP contribution in [0, 0.1) is 0 Å². The van der Waals surface area contributed by atoms with Crippen LogP contribution in [0.4, 0.5) is 0 Å². The lowest BCUT2D eigenvalue weighted by atomic mass is 9.97. The first kappa shape index (κ1) is 19.0. The summed E-state index contributed by atoms with van der Waals surface area (Å²) in [5.41, 5.74) is 2.28. The van der Waals surface area contributed by atoms with Crippen LogP contribution < -0.4 is 0 Å². The SMILES string of the molecule is C[C@@H]1CCC[C@@H](C)N1C(=O)COC(=O)c1ccc(-c2ccc(O)cc2)cc1. The maximum absolute atomic E-state index is 12.4. The average molecular weight is 367 g/mol. The molecule has 1 heterocycles. The minimum atomic E-state index is -0.502. The van der Waals surface area contributed by atoms with Gasteiger partial charge in [0, 0.05) is 12.1 Å². The van der Waals surface area contributed by atoms with Gasteiger partial charge in [0.15, 0.2) is 6.61 Å². The molecule has 0 unspecified atom stereocenters. The van der Waals surface area contributed by atoms with Gasteiger partial charge in [0.05, 0.1) is 5.56 Å². The van der Waals surface area contributed by atoms with Crippen molar-refractivity contribution in [2.45, 2.75) is 45.2 Å². The molecule has 1 aliphatic rings. The first-order valence-electron chi connectivity index (χ1n) is 9.33. The molecule has 2 aromatic carbocycles. The van der Waals surface area contributed by atoms with Crippen molar-refractivity contribution in [2.75, 3.05) is 6.61 Å². The highest BCUT2D eigenvalue weighted by molar-refractivity contribution is 5.92. The molecular formula is C22H25NO4. The van der Waals surface area contributed by atoms with Crippen LogP contribution in [0.3, 0.4) is 0 Å². The number of likely N-dealkylation sites (tertiary alicyclic amines) is 1. The van der Waals surface area contributed by atoms with E-state index in [0.717, 1.165) is 30.4 Å². The standard InChI is InChI=1S/C22H25NO4/c1-15-4-3-5-16(2)23(15)21(25)14-27-22(26)19-8-6-17(7-9-19)18-10-12-20(24)13-11-18/h6-13,15-16,24H,3-5,14H2,1-2H3/t15-,16-/m1/s1. The lowest BCUT2D eigenvalue weighted by Crippen LogP contribution is -2.49. The number of nitrogens with zero attached hydrogens (tertiary/aromatic N) is 1. The number of esters is 1. The fourth-order valence-electron chi connectivity index (χ4n) is 3.65. The zero-order valence-corrected chi connectivity index (χ0v) is 15.7. The van der Waals surface area contributed by atoms with Gasteiger partial charge in [-0.2, -0.15) is 0 Å². The Morgan fingerprint density at radius 2 is 1.48 bits per heavy atom. The third-order valence-corrected chi connectivity index (χ3v) is 5.13. The van der Waals surface area contributed by atoms with Crippen molar-refractivity contribution in [2.24, 2.45) is 0 Å². The second-order valence-electron chi connectivity index (χ2n) is 7.13. The fraction of sp³-hybridized carbons (Fsp3) is 0.364. The van der Waals surface area contributed by atoms with E-state index in [-0.39, 0.29) is 30.3 Å². The summed E-state index contributed by atoms with van der Waals surface area (Å²) in [5, 5.41) is 9.36. The third-order valence-electron chi connectivity index (χ3n) is 5.13. The van der Waals surface area contributed by atoms with Gasteiger partial charge in [-0.1, -0.05) is 24.3 Å². The van der Waals surface area contributed by atoms with E-state index in [0.29, 0.717) is 5.56 Å².